The summed E-state index contributed by atoms with van der Waals surface area (Å²) in [6.45, 7) is 0. The maximum atomic E-state index is 12.8. The fraction of sp³-hybridized carbons (Fsp3) is 0.143. The van der Waals surface area contributed by atoms with E-state index in [2.05, 4.69) is 5.32 Å². The van der Waals surface area contributed by atoms with Crippen LogP contribution in [0.4, 0.5) is 5.69 Å². The van der Waals surface area contributed by atoms with Gasteiger partial charge in [0.25, 0.3) is 11.8 Å². The maximum absolute atomic E-state index is 12.8. The van der Waals surface area contributed by atoms with E-state index in [4.69, 9.17) is 4.74 Å². The predicted octanol–water partition coefficient (Wildman–Crippen LogP) is 3.80. The molecule has 0 atom stereocenters. The van der Waals surface area contributed by atoms with Gasteiger partial charge >= 0.3 is 0 Å². The van der Waals surface area contributed by atoms with Crippen molar-refractivity contribution in [3.8, 4) is 5.75 Å². The summed E-state index contributed by atoms with van der Waals surface area (Å²) in [7, 11) is 4.99. The molecule has 132 valence electrons. The number of fused-ring (bicyclic) bond motifs is 1. The number of carbonyl (C=O) groups excluding carboxylic acids is 2. The van der Waals surface area contributed by atoms with Crippen LogP contribution >= 0.6 is 0 Å². The van der Waals surface area contributed by atoms with E-state index in [9.17, 15) is 9.59 Å². The normalized spacial score (nSPS) is 10.4. The smallest absolute Gasteiger partial charge is 0.256 e. The summed E-state index contributed by atoms with van der Waals surface area (Å²) in [4.78, 5) is 26.4. The summed E-state index contributed by atoms with van der Waals surface area (Å²) in [5.41, 5.74) is 1.64. The lowest BCUT2D eigenvalue weighted by Crippen LogP contribution is -2.22. The molecule has 0 saturated carbocycles. The van der Waals surface area contributed by atoms with E-state index in [0.717, 1.165) is 16.5 Å². The summed E-state index contributed by atoms with van der Waals surface area (Å²) in [6.07, 6.45) is 0. The molecule has 0 fully saturated rings. The summed E-state index contributed by atoms with van der Waals surface area (Å²) in [6, 6.07) is 18.0. The van der Waals surface area contributed by atoms with Crippen molar-refractivity contribution in [1.82, 2.24) is 4.90 Å². The topological polar surface area (TPSA) is 58.6 Å². The number of ether oxygens (including phenoxy) is 1. The molecule has 5 nitrogen and oxygen atoms in total. The minimum Gasteiger partial charge on any atom is -0.496 e. The van der Waals surface area contributed by atoms with Gasteiger partial charge in [0.05, 0.1) is 7.11 Å². The fourth-order valence-electron chi connectivity index (χ4n) is 2.83. The molecule has 0 unspecified atom stereocenters. The Balaban J connectivity index is 1.93. The molecule has 0 aromatic heterocycles. The van der Waals surface area contributed by atoms with Crippen LogP contribution in [-0.4, -0.2) is 37.9 Å². The lowest BCUT2D eigenvalue weighted by atomic mass is 10.0. The molecule has 5 heteroatoms. The Morgan fingerprint density at radius 2 is 1.65 bits per heavy atom. The van der Waals surface area contributed by atoms with E-state index in [1.165, 1.54) is 4.90 Å². The van der Waals surface area contributed by atoms with Gasteiger partial charge in [-0.05, 0) is 35.7 Å². The van der Waals surface area contributed by atoms with Crippen molar-refractivity contribution in [3.05, 3.63) is 71.8 Å². The Kier molecular flexibility index (Phi) is 4.89. The number of benzene rings is 3. The van der Waals surface area contributed by atoms with Crippen LogP contribution in [0.15, 0.2) is 60.7 Å². The highest BCUT2D eigenvalue weighted by Gasteiger charge is 2.14. The van der Waals surface area contributed by atoms with E-state index in [0.29, 0.717) is 16.8 Å². The minimum atomic E-state index is -0.238. The molecule has 2 amide bonds. The Hall–Kier alpha value is -3.34. The zero-order valence-electron chi connectivity index (χ0n) is 14.9. The second-order valence-corrected chi connectivity index (χ2v) is 6.10. The molecule has 0 aliphatic heterocycles. The van der Waals surface area contributed by atoms with Crippen LogP contribution in [0.5, 0.6) is 5.75 Å². The lowest BCUT2D eigenvalue weighted by Gasteiger charge is -2.13. The first kappa shape index (κ1) is 17.5. The first-order valence-electron chi connectivity index (χ1n) is 8.20. The molecule has 0 aliphatic carbocycles. The average Bonchev–Trinajstić information content (AvgIpc) is 2.66. The highest BCUT2D eigenvalue weighted by molar-refractivity contribution is 6.14. The first-order chi connectivity index (χ1) is 12.5. The molecule has 1 N–H and O–H groups in total. The molecular weight excluding hydrogens is 328 g/mol. The third kappa shape index (κ3) is 3.37. The molecule has 0 heterocycles. The van der Waals surface area contributed by atoms with E-state index in [1.807, 2.05) is 24.3 Å². The maximum Gasteiger partial charge on any atom is 0.256 e. The van der Waals surface area contributed by atoms with Crippen molar-refractivity contribution < 1.29 is 14.3 Å². The number of hydrogen-bond acceptors (Lipinski definition) is 3. The van der Waals surface area contributed by atoms with Crippen molar-refractivity contribution in [1.29, 1.82) is 0 Å². The number of carbonyl (C=O) groups is 2. The minimum absolute atomic E-state index is 0.115. The van der Waals surface area contributed by atoms with E-state index in [1.54, 1.807) is 57.6 Å². The first-order valence-corrected chi connectivity index (χ1v) is 8.20. The average molecular weight is 348 g/mol. The monoisotopic (exact) mass is 348 g/mol. The van der Waals surface area contributed by atoms with Crippen molar-refractivity contribution in [2.75, 3.05) is 26.5 Å². The third-order valence-electron chi connectivity index (χ3n) is 4.12. The number of nitrogens with zero attached hydrogens (tertiary/aromatic N) is 1. The van der Waals surface area contributed by atoms with Gasteiger partial charge in [-0.15, -0.1) is 0 Å². The van der Waals surface area contributed by atoms with Gasteiger partial charge in [0.2, 0.25) is 0 Å². The van der Waals surface area contributed by atoms with Crippen molar-refractivity contribution in [3.63, 3.8) is 0 Å². The molecule has 3 aromatic carbocycles. The van der Waals surface area contributed by atoms with Gasteiger partial charge in [0, 0.05) is 36.3 Å². The highest BCUT2D eigenvalue weighted by Crippen LogP contribution is 2.28. The number of nitrogens with one attached hydrogen (secondary N) is 1. The molecule has 3 rings (SSSR count). The van der Waals surface area contributed by atoms with Crippen LogP contribution in [0, 0.1) is 0 Å². The van der Waals surface area contributed by atoms with E-state index < -0.39 is 0 Å². The second-order valence-electron chi connectivity index (χ2n) is 6.10. The van der Waals surface area contributed by atoms with Crippen LogP contribution in [0.2, 0.25) is 0 Å². The van der Waals surface area contributed by atoms with Gasteiger partial charge in [-0.1, -0.05) is 30.3 Å². The summed E-state index contributed by atoms with van der Waals surface area (Å²) >= 11 is 0. The fourth-order valence-corrected chi connectivity index (χ4v) is 2.83. The molecular formula is C21H20N2O3. The van der Waals surface area contributed by atoms with Gasteiger partial charge in [-0.25, -0.2) is 0 Å². The van der Waals surface area contributed by atoms with Gasteiger partial charge < -0.3 is 15.0 Å². The van der Waals surface area contributed by atoms with E-state index >= 15 is 0 Å². The predicted molar refractivity (Wildman–Crippen MR) is 103 cm³/mol. The van der Waals surface area contributed by atoms with Crippen LogP contribution in [0.1, 0.15) is 20.7 Å². The lowest BCUT2D eigenvalue weighted by molar-refractivity contribution is 0.0827. The zero-order valence-corrected chi connectivity index (χ0v) is 14.9. The van der Waals surface area contributed by atoms with Crippen molar-refractivity contribution in [2.24, 2.45) is 0 Å². The quantitative estimate of drug-likeness (QED) is 0.780. The summed E-state index contributed by atoms with van der Waals surface area (Å²) in [5.74, 6) is 0.366. The van der Waals surface area contributed by atoms with Gasteiger partial charge in [-0.2, -0.15) is 0 Å². The summed E-state index contributed by atoms with van der Waals surface area (Å²) < 4.78 is 5.37. The Morgan fingerprint density at radius 3 is 2.35 bits per heavy atom. The van der Waals surface area contributed by atoms with Crippen molar-refractivity contribution >= 4 is 28.3 Å². The number of hydrogen-bond donors (Lipinski definition) is 1. The molecule has 0 saturated heterocycles. The van der Waals surface area contributed by atoms with Gasteiger partial charge in [0.15, 0.2) is 0 Å². The number of rotatable bonds is 4. The molecule has 0 radical (unpaired) electrons. The number of methoxy groups -OCH3 is 1. The number of amides is 2. The standard InChI is InChI=1S/C21H20N2O3/c1-23(2)21(25)14-7-6-8-15(13-14)22-20(24)18-11-12-19(26-3)17-10-5-4-9-16(17)18/h4-13H,1-3H3,(H,22,24). The van der Waals surface area contributed by atoms with Gasteiger partial charge in [0.1, 0.15) is 5.75 Å². The number of anilines is 1. The Bertz CT molecular complexity index is 980. The molecule has 3 aromatic rings. The molecule has 26 heavy (non-hydrogen) atoms. The van der Waals surface area contributed by atoms with Crippen LogP contribution in [-0.2, 0) is 0 Å². The second kappa shape index (κ2) is 7.27. The SMILES string of the molecule is COc1ccc(C(=O)Nc2cccc(C(=O)N(C)C)c2)c2ccccc12. The van der Waals surface area contributed by atoms with Gasteiger partial charge in [-0.3, -0.25) is 9.59 Å². The Labute approximate surface area is 152 Å². The van der Waals surface area contributed by atoms with Crippen LogP contribution in [0.25, 0.3) is 10.8 Å². The van der Waals surface area contributed by atoms with E-state index in [-0.39, 0.29) is 11.8 Å². The summed E-state index contributed by atoms with van der Waals surface area (Å²) in [5, 5.41) is 4.56. The molecule has 0 bridgehead atoms. The Morgan fingerprint density at radius 1 is 0.923 bits per heavy atom. The van der Waals surface area contributed by atoms with Crippen LogP contribution in [0.3, 0.4) is 0 Å². The third-order valence-corrected chi connectivity index (χ3v) is 4.12. The van der Waals surface area contributed by atoms with Crippen LogP contribution < -0.4 is 10.1 Å². The highest BCUT2D eigenvalue weighted by atomic mass is 16.5. The van der Waals surface area contributed by atoms with Crippen molar-refractivity contribution in [2.45, 2.75) is 0 Å². The molecule has 0 spiro atoms. The molecule has 0 aliphatic rings. The zero-order chi connectivity index (χ0) is 18.7. The largest absolute Gasteiger partial charge is 0.496 e.